The van der Waals surface area contributed by atoms with Crippen molar-refractivity contribution >= 4 is 14.8 Å². The zero-order valence-electron chi connectivity index (χ0n) is 7.63. The van der Waals surface area contributed by atoms with Crippen molar-refractivity contribution in [3.63, 3.8) is 0 Å². The second-order valence-corrected chi connectivity index (χ2v) is 3.25. The quantitative estimate of drug-likeness (QED) is 0.335. The fraction of sp³-hybridized carbons (Fsp3) is 1.00. The molecule has 3 rings (SSSR count). The van der Waals surface area contributed by atoms with Gasteiger partial charge in [0.1, 0.15) is 0 Å². The van der Waals surface area contributed by atoms with Crippen LogP contribution >= 0.6 is 0 Å². The van der Waals surface area contributed by atoms with Gasteiger partial charge in [-0.05, 0) is 7.85 Å². The van der Waals surface area contributed by atoms with Gasteiger partial charge in [-0.15, -0.1) is 0 Å². The summed E-state index contributed by atoms with van der Waals surface area (Å²) in [6, 6.07) is 0. The molecule has 0 spiro atoms. The van der Waals surface area contributed by atoms with E-state index in [0.717, 1.165) is 0 Å². The molecule has 0 radical (unpaired) electrons. The van der Waals surface area contributed by atoms with Crippen LogP contribution in [0.15, 0.2) is 0 Å². The molecule has 3 aliphatic rings. The monoisotopic (exact) mass is 280 g/mol. The van der Waals surface area contributed by atoms with E-state index in [2.05, 4.69) is 0 Å². The SMILES string of the molecule is [BH3-]C12CC([B-](F)(F)F)(C1F)C2(F)F.[K+].[K+]. The molecule has 3 fully saturated rings. The number of alkyl halides is 3. The first-order chi connectivity index (χ1) is 5.61. The van der Waals surface area contributed by atoms with Gasteiger partial charge in [-0.2, -0.15) is 0 Å². The molecular weight excluding hydrogens is 274 g/mol. The van der Waals surface area contributed by atoms with Gasteiger partial charge in [-0.25, -0.2) is 8.78 Å². The normalized spacial score (nSPS) is 45.4. The first kappa shape index (κ1) is 18.0. The smallest absolute Gasteiger partial charge is 0.448 e. The Bertz CT molecular complexity index is 283. The first-order valence-electron chi connectivity index (χ1n) is 3.32. The third-order valence-corrected chi connectivity index (χ3v) is 2.81. The van der Waals surface area contributed by atoms with Crippen LogP contribution in [0.2, 0.25) is 10.6 Å². The van der Waals surface area contributed by atoms with E-state index in [1.54, 1.807) is 0 Å². The fourth-order valence-corrected chi connectivity index (χ4v) is 1.82. The molecule has 0 amide bonds. The molecule has 0 heterocycles. The molecule has 0 saturated heterocycles. The number of hydrogen-bond donors (Lipinski definition) is 0. The Balaban J connectivity index is 0.000000980. The van der Waals surface area contributed by atoms with Crippen LogP contribution in [0.25, 0.3) is 0 Å². The van der Waals surface area contributed by atoms with Gasteiger partial charge in [-0.1, -0.05) is 11.7 Å². The maximum absolute atomic E-state index is 12.9. The predicted molar refractivity (Wildman–Crippen MR) is 38.9 cm³/mol. The molecule has 15 heavy (non-hydrogen) atoms. The molecule has 3 atom stereocenters. The van der Waals surface area contributed by atoms with E-state index in [0.29, 0.717) is 0 Å². The molecular formula is C5H6B2F6K2. The second kappa shape index (κ2) is 4.52. The Morgan fingerprint density at radius 2 is 1.53 bits per heavy atom. The van der Waals surface area contributed by atoms with Crippen molar-refractivity contribution in [2.45, 2.75) is 29.1 Å². The Morgan fingerprint density at radius 1 is 1.13 bits per heavy atom. The molecule has 2 bridgehead atoms. The van der Waals surface area contributed by atoms with Crippen LogP contribution in [0, 0.1) is 0 Å². The van der Waals surface area contributed by atoms with Crippen molar-refractivity contribution in [1.82, 2.24) is 0 Å². The zero-order valence-corrected chi connectivity index (χ0v) is 13.9. The van der Waals surface area contributed by atoms with Gasteiger partial charge in [0.2, 0.25) is 5.92 Å². The number of rotatable bonds is 1. The van der Waals surface area contributed by atoms with Gasteiger partial charge in [0.25, 0.3) is 0 Å². The summed E-state index contributed by atoms with van der Waals surface area (Å²) >= 11 is 0. The number of halogens is 6. The van der Waals surface area contributed by atoms with Crippen LogP contribution in [0.5, 0.6) is 0 Å². The van der Waals surface area contributed by atoms with Crippen molar-refractivity contribution in [3.8, 4) is 0 Å². The largest absolute Gasteiger partial charge is 1.00 e. The van der Waals surface area contributed by atoms with Crippen molar-refractivity contribution in [1.29, 1.82) is 0 Å². The van der Waals surface area contributed by atoms with Crippen molar-refractivity contribution in [2.24, 2.45) is 0 Å². The number of hydrogen-bond acceptors (Lipinski definition) is 0. The van der Waals surface area contributed by atoms with E-state index in [1.165, 1.54) is 0 Å². The summed E-state index contributed by atoms with van der Waals surface area (Å²) in [6.07, 6.45) is -2.97. The topological polar surface area (TPSA) is 0 Å². The van der Waals surface area contributed by atoms with E-state index >= 15 is 0 Å². The van der Waals surface area contributed by atoms with E-state index in [-0.39, 0.29) is 103 Å². The maximum Gasteiger partial charge on any atom is 1.00 e. The van der Waals surface area contributed by atoms with Crippen LogP contribution in [0.3, 0.4) is 0 Å². The molecule has 76 valence electrons. The summed E-state index contributed by atoms with van der Waals surface area (Å²) in [6.45, 7) is -5.76. The Morgan fingerprint density at radius 3 is 1.67 bits per heavy atom. The average molecular weight is 280 g/mol. The Hall–Kier alpha value is 2.98. The van der Waals surface area contributed by atoms with Crippen LogP contribution in [-0.2, 0) is 0 Å². The Kier molecular flexibility index (Phi) is 5.42. The van der Waals surface area contributed by atoms with Gasteiger partial charge in [0.15, 0.2) is 0 Å². The van der Waals surface area contributed by atoms with E-state index in [9.17, 15) is 26.1 Å². The third kappa shape index (κ3) is 1.66. The maximum atomic E-state index is 12.9. The van der Waals surface area contributed by atoms with E-state index in [1.807, 2.05) is 0 Å². The summed E-state index contributed by atoms with van der Waals surface area (Å²) in [4.78, 5) is 0. The fourth-order valence-electron chi connectivity index (χ4n) is 1.82. The molecule has 0 N–H and O–H groups in total. The molecule has 3 aliphatic carbocycles. The van der Waals surface area contributed by atoms with Gasteiger partial charge in [0, 0.05) is 5.31 Å². The minimum absolute atomic E-state index is 0. The van der Waals surface area contributed by atoms with E-state index in [4.69, 9.17) is 0 Å². The molecule has 0 nitrogen and oxygen atoms in total. The summed E-state index contributed by atoms with van der Waals surface area (Å²) < 4.78 is 75.3. The van der Waals surface area contributed by atoms with Gasteiger partial charge >= 0.3 is 110 Å². The van der Waals surface area contributed by atoms with Gasteiger partial charge < -0.3 is 12.9 Å². The second-order valence-electron chi connectivity index (χ2n) is 3.25. The van der Waals surface area contributed by atoms with Crippen molar-refractivity contribution in [2.75, 3.05) is 0 Å². The molecule has 0 aromatic carbocycles. The first-order valence-corrected chi connectivity index (χ1v) is 3.32. The van der Waals surface area contributed by atoms with Crippen LogP contribution in [-0.4, -0.2) is 26.9 Å². The molecule has 0 aromatic heterocycles. The molecule has 3 unspecified atom stereocenters. The van der Waals surface area contributed by atoms with Crippen molar-refractivity contribution < 1.29 is 129 Å². The molecule has 3 saturated carbocycles. The van der Waals surface area contributed by atoms with Gasteiger partial charge in [-0.3, -0.25) is 4.39 Å². The molecule has 10 heteroatoms. The van der Waals surface area contributed by atoms with Crippen molar-refractivity contribution in [3.05, 3.63) is 0 Å². The molecule has 0 aromatic rings. The van der Waals surface area contributed by atoms with Gasteiger partial charge in [0.05, 0.1) is 6.17 Å². The summed E-state index contributed by atoms with van der Waals surface area (Å²) in [5.41, 5.74) is 0. The van der Waals surface area contributed by atoms with E-state index < -0.39 is 44.0 Å². The predicted octanol–water partition coefficient (Wildman–Crippen LogP) is -4.50. The summed E-state index contributed by atoms with van der Waals surface area (Å²) in [5.74, 6) is -3.79. The zero-order chi connectivity index (χ0) is 10.3. The van der Waals surface area contributed by atoms with Crippen LogP contribution in [0.1, 0.15) is 6.42 Å². The average Bonchev–Trinajstić information content (AvgIpc) is 1.97. The molecule has 0 aliphatic heterocycles. The van der Waals surface area contributed by atoms with Crippen LogP contribution < -0.4 is 103 Å². The summed E-state index contributed by atoms with van der Waals surface area (Å²) in [7, 11) is -1.09. The minimum atomic E-state index is -5.76. The minimum Gasteiger partial charge on any atom is -0.448 e. The standard InChI is InChI=1S/C5H6B2F6.2K/c6-3-1-4(2(3)8,5(3,9)10)7(11,12)13;;/h2H,1H2,6H3;;/q-2;2*+1. The van der Waals surface area contributed by atoms with Crippen LogP contribution in [0.4, 0.5) is 26.1 Å². The third-order valence-electron chi connectivity index (χ3n) is 2.81. The summed E-state index contributed by atoms with van der Waals surface area (Å²) in [5, 5.41) is -5.07. The Labute approximate surface area is 169 Å².